The van der Waals surface area contributed by atoms with Crippen LogP contribution < -0.4 is 0 Å². The molecule has 2 aromatic rings. The largest absolute Gasteiger partial charge is 0.508 e. The van der Waals surface area contributed by atoms with E-state index in [4.69, 9.17) is 0 Å². The highest BCUT2D eigenvalue weighted by Crippen LogP contribution is 2.35. The Labute approximate surface area is 118 Å². The Morgan fingerprint density at radius 1 is 0.850 bits per heavy atom. The lowest BCUT2D eigenvalue weighted by atomic mass is 10.1. The molecular formula is C15H16O4S. The van der Waals surface area contributed by atoms with Crippen molar-refractivity contribution in [1.29, 1.82) is 0 Å². The molecule has 106 valence electrons. The maximum atomic E-state index is 12.7. The normalized spacial score (nSPS) is 11.6. The molecule has 0 saturated carbocycles. The van der Waals surface area contributed by atoms with Gasteiger partial charge in [0.1, 0.15) is 16.4 Å². The molecule has 0 aliphatic rings. The molecule has 0 aromatic heterocycles. The minimum atomic E-state index is -3.89. The Hall–Kier alpha value is -2.01. The molecule has 0 saturated heterocycles. The fourth-order valence-corrected chi connectivity index (χ4v) is 3.99. The molecule has 0 spiro atoms. The SMILES string of the molecule is Cc1ccc(O)cc1S(=O)(=O)c1c(C)ccc(C)c1O. The van der Waals surface area contributed by atoms with Crippen molar-refractivity contribution < 1.29 is 18.6 Å². The molecule has 2 rings (SSSR count). The molecule has 4 nitrogen and oxygen atoms in total. The summed E-state index contributed by atoms with van der Waals surface area (Å²) in [4.78, 5) is -0.104. The van der Waals surface area contributed by atoms with E-state index in [2.05, 4.69) is 0 Å². The van der Waals surface area contributed by atoms with E-state index in [1.165, 1.54) is 18.2 Å². The average Bonchev–Trinajstić information content (AvgIpc) is 2.37. The van der Waals surface area contributed by atoms with Gasteiger partial charge in [-0.1, -0.05) is 18.2 Å². The zero-order valence-electron chi connectivity index (χ0n) is 11.5. The van der Waals surface area contributed by atoms with Crippen LogP contribution in [-0.2, 0) is 9.84 Å². The van der Waals surface area contributed by atoms with Crippen LogP contribution in [0.2, 0.25) is 0 Å². The van der Waals surface area contributed by atoms with E-state index in [0.29, 0.717) is 16.7 Å². The monoisotopic (exact) mass is 292 g/mol. The van der Waals surface area contributed by atoms with Crippen molar-refractivity contribution in [2.24, 2.45) is 0 Å². The summed E-state index contributed by atoms with van der Waals surface area (Å²) in [7, 11) is -3.89. The lowest BCUT2D eigenvalue weighted by Gasteiger charge is -2.13. The molecule has 0 aliphatic carbocycles. The van der Waals surface area contributed by atoms with Crippen molar-refractivity contribution >= 4 is 9.84 Å². The zero-order chi connectivity index (χ0) is 15.1. The smallest absolute Gasteiger partial charge is 0.210 e. The molecule has 0 aliphatic heterocycles. The number of phenols is 2. The van der Waals surface area contributed by atoms with Gasteiger partial charge in [0.2, 0.25) is 9.84 Å². The van der Waals surface area contributed by atoms with E-state index >= 15 is 0 Å². The number of sulfone groups is 1. The van der Waals surface area contributed by atoms with Crippen LogP contribution in [-0.4, -0.2) is 18.6 Å². The van der Waals surface area contributed by atoms with Gasteiger partial charge in [-0.3, -0.25) is 0 Å². The third-order valence-electron chi connectivity index (χ3n) is 3.26. The van der Waals surface area contributed by atoms with E-state index in [-0.39, 0.29) is 21.3 Å². The number of aryl methyl sites for hydroxylation is 3. The number of hydrogen-bond donors (Lipinski definition) is 2. The third kappa shape index (κ3) is 2.25. The Kier molecular flexibility index (Phi) is 3.48. The van der Waals surface area contributed by atoms with Crippen LogP contribution in [0.15, 0.2) is 40.1 Å². The van der Waals surface area contributed by atoms with Crippen molar-refractivity contribution in [3.8, 4) is 11.5 Å². The number of aromatic hydroxyl groups is 2. The summed E-state index contributed by atoms with van der Waals surface area (Å²) in [5.74, 6) is -0.369. The fourth-order valence-electron chi connectivity index (χ4n) is 2.10. The minimum Gasteiger partial charge on any atom is -0.508 e. The topological polar surface area (TPSA) is 74.6 Å². The van der Waals surface area contributed by atoms with E-state index in [9.17, 15) is 18.6 Å². The third-order valence-corrected chi connectivity index (χ3v) is 5.33. The van der Waals surface area contributed by atoms with Crippen LogP contribution in [0.4, 0.5) is 0 Å². The maximum absolute atomic E-state index is 12.7. The second kappa shape index (κ2) is 4.83. The van der Waals surface area contributed by atoms with Crippen molar-refractivity contribution in [3.63, 3.8) is 0 Å². The highest BCUT2D eigenvalue weighted by molar-refractivity contribution is 7.91. The molecular weight excluding hydrogens is 276 g/mol. The van der Waals surface area contributed by atoms with E-state index in [0.717, 1.165) is 0 Å². The first-order valence-corrected chi connectivity index (χ1v) is 7.57. The standard InChI is InChI=1S/C15H16O4S/c1-9-6-7-12(16)8-13(9)20(18,19)15-11(3)5-4-10(2)14(15)17/h4-8,16-17H,1-3H3. The number of rotatable bonds is 2. The quantitative estimate of drug-likeness (QED) is 0.892. The molecule has 0 heterocycles. The zero-order valence-corrected chi connectivity index (χ0v) is 12.3. The molecule has 0 fully saturated rings. The van der Waals surface area contributed by atoms with Crippen LogP contribution in [0.1, 0.15) is 16.7 Å². The lowest BCUT2D eigenvalue weighted by molar-refractivity contribution is 0.453. The second-order valence-electron chi connectivity index (χ2n) is 4.83. The van der Waals surface area contributed by atoms with Crippen molar-refractivity contribution in [2.45, 2.75) is 30.6 Å². The minimum absolute atomic E-state index is 0.00139. The van der Waals surface area contributed by atoms with Crippen LogP contribution in [0.25, 0.3) is 0 Å². The predicted octanol–water partition coefficient (Wildman–Crippen LogP) is 2.86. The maximum Gasteiger partial charge on any atom is 0.210 e. The van der Waals surface area contributed by atoms with Gasteiger partial charge in [0.25, 0.3) is 0 Å². The second-order valence-corrected chi connectivity index (χ2v) is 6.69. The van der Waals surface area contributed by atoms with Crippen molar-refractivity contribution in [2.75, 3.05) is 0 Å². The number of phenolic OH excluding ortho intramolecular Hbond substituents is 2. The molecule has 2 aromatic carbocycles. The molecule has 0 radical (unpaired) electrons. The molecule has 2 N–H and O–H groups in total. The van der Waals surface area contributed by atoms with Gasteiger partial charge in [0.05, 0.1) is 4.90 Å². The molecule has 0 amide bonds. The lowest BCUT2D eigenvalue weighted by Crippen LogP contribution is -2.07. The summed E-state index contributed by atoms with van der Waals surface area (Å²) in [5, 5.41) is 19.6. The Morgan fingerprint density at radius 2 is 1.40 bits per heavy atom. The first kappa shape index (κ1) is 14.4. The van der Waals surface area contributed by atoms with E-state index in [1.807, 2.05) is 0 Å². The van der Waals surface area contributed by atoms with Gasteiger partial charge in [-0.05, 0) is 49.6 Å². The summed E-state index contributed by atoms with van der Waals surface area (Å²) in [6.45, 7) is 4.92. The predicted molar refractivity (Wildman–Crippen MR) is 75.9 cm³/mol. The molecule has 0 atom stereocenters. The average molecular weight is 292 g/mol. The van der Waals surface area contributed by atoms with Gasteiger partial charge in [0.15, 0.2) is 0 Å². The summed E-state index contributed by atoms with van der Waals surface area (Å²) in [6, 6.07) is 7.48. The number of benzene rings is 2. The summed E-state index contributed by atoms with van der Waals surface area (Å²) in [6.07, 6.45) is 0. The van der Waals surface area contributed by atoms with Crippen LogP contribution >= 0.6 is 0 Å². The van der Waals surface area contributed by atoms with Crippen molar-refractivity contribution in [3.05, 3.63) is 47.0 Å². The van der Waals surface area contributed by atoms with Gasteiger partial charge in [0, 0.05) is 0 Å². The van der Waals surface area contributed by atoms with Crippen LogP contribution in [0.3, 0.4) is 0 Å². The van der Waals surface area contributed by atoms with Gasteiger partial charge < -0.3 is 10.2 Å². The van der Waals surface area contributed by atoms with Gasteiger partial charge in [-0.2, -0.15) is 0 Å². The first-order valence-electron chi connectivity index (χ1n) is 6.09. The Bertz CT molecular complexity index is 777. The van der Waals surface area contributed by atoms with Gasteiger partial charge in [-0.25, -0.2) is 8.42 Å². The Balaban J connectivity index is 2.80. The first-order chi connectivity index (χ1) is 9.25. The molecule has 0 unspecified atom stereocenters. The van der Waals surface area contributed by atoms with E-state index in [1.54, 1.807) is 32.9 Å². The van der Waals surface area contributed by atoms with Crippen molar-refractivity contribution in [1.82, 2.24) is 0 Å². The highest BCUT2D eigenvalue weighted by atomic mass is 32.2. The van der Waals surface area contributed by atoms with Gasteiger partial charge >= 0.3 is 0 Å². The van der Waals surface area contributed by atoms with Gasteiger partial charge in [-0.15, -0.1) is 0 Å². The molecule has 20 heavy (non-hydrogen) atoms. The number of hydrogen-bond acceptors (Lipinski definition) is 4. The summed E-state index contributed by atoms with van der Waals surface area (Å²) >= 11 is 0. The molecule has 5 heteroatoms. The summed E-state index contributed by atoms with van der Waals surface area (Å²) < 4.78 is 25.5. The van der Waals surface area contributed by atoms with Crippen LogP contribution in [0.5, 0.6) is 11.5 Å². The fraction of sp³-hybridized carbons (Fsp3) is 0.200. The Morgan fingerprint density at radius 3 is 2.05 bits per heavy atom. The molecule has 0 bridgehead atoms. The van der Waals surface area contributed by atoms with Crippen LogP contribution in [0, 0.1) is 20.8 Å². The van der Waals surface area contributed by atoms with E-state index < -0.39 is 9.84 Å². The summed E-state index contributed by atoms with van der Waals surface area (Å²) in [5.41, 5.74) is 1.48. The highest BCUT2D eigenvalue weighted by Gasteiger charge is 2.26.